The molecule has 5 heterocycles. The van der Waals surface area contributed by atoms with Crippen LogP contribution < -0.4 is 0 Å². The molecule has 8 fully saturated rings. The molecule has 9 aliphatic rings. The van der Waals surface area contributed by atoms with Gasteiger partial charge in [-0.15, -0.1) is 0 Å². The van der Waals surface area contributed by atoms with Crippen molar-refractivity contribution in [2.75, 3.05) is 13.2 Å². The highest BCUT2D eigenvalue weighted by Crippen LogP contribution is 2.70. The van der Waals surface area contributed by atoms with Crippen LogP contribution in [-0.2, 0) is 37.9 Å². The lowest BCUT2D eigenvalue weighted by Gasteiger charge is -2.58. The molecule has 0 aromatic rings. The molecule has 5 aliphatic heterocycles. The van der Waals surface area contributed by atoms with E-state index in [-0.39, 0.29) is 23.0 Å². The maximum absolute atomic E-state index is 12.0. The van der Waals surface area contributed by atoms with E-state index in [1.807, 2.05) is 0 Å². The van der Waals surface area contributed by atoms with Gasteiger partial charge in [-0.25, -0.2) is 0 Å². The molecule has 61 heavy (non-hydrogen) atoms. The number of fused-ring (bicyclic) bond motifs is 7. The first-order valence-corrected chi connectivity index (χ1v) is 23.2. The number of ether oxygens (including phenoxy) is 8. The molecule has 3 saturated carbocycles. The summed E-state index contributed by atoms with van der Waals surface area (Å²) in [6.45, 7) is 12.7. The van der Waals surface area contributed by atoms with Gasteiger partial charge in [-0.05, 0) is 106 Å². The second kappa shape index (κ2) is 16.8. The van der Waals surface area contributed by atoms with Gasteiger partial charge in [0.25, 0.3) is 0 Å². The van der Waals surface area contributed by atoms with E-state index in [0.29, 0.717) is 48.3 Å². The summed E-state index contributed by atoms with van der Waals surface area (Å²) in [6, 6.07) is 0. The van der Waals surface area contributed by atoms with Crippen LogP contribution in [0.5, 0.6) is 0 Å². The minimum Gasteiger partial charge on any atom is -0.394 e. The Kier molecular flexibility index (Phi) is 12.4. The quantitative estimate of drug-likeness (QED) is 0.168. The van der Waals surface area contributed by atoms with Crippen molar-refractivity contribution < 1.29 is 78.7 Å². The van der Waals surface area contributed by atoms with E-state index in [1.165, 1.54) is 25.8 Å². The summed E-state index contributed by atoms with van der Waals surface area (Å²) >= 11 is 0. The van der Waals surface area contributed by atoms with Gasteiger partial charge in [0, 0.05) is 12.3 Å². The van der Waals surface area contributed by atoms with Gasteiger partial charge in [0.1, 0.15) is 61.0 Å². The van der Waals surface area contributed by atoms with E-state index in [0.717, 1.165) is 45.1 Å². The van der Waals surface area contributed by atoms with Crippen LogP contribution in [0.4, 0.5) is 0 Å². The highest BCUT2D eigenvalue weighted by Gasteiger charge is 2.69. The molecule has 4 aliphatic carbocycles. The lowest BCUT2D eigenvalue weighted by atomic mass is 9.47. The van der Waals surface area contributed by atoms with Crippen molar-refractivity contribution in [1.29, 1.82) is 0 Å². The number of aliphatic hydroxyl groups is 8. The lowest BCUT2D eigenvalue weighted by molar-refractivity contribution is -0.388. The molecule has 26 atom stereocenters. The van der Waals surface area contributed by atoms with E-state index >= 15 is 0 Å². The topological polar surface area (TPSA) is 236 Å². The van der Waals surface area contributed by atoms with Gasteiger partial charge >= 0.3 is 0 Å². The monoisotopic (exact) mass is 868 g/mol. The van der Waals surface area contributed by atoms with Crippen molar-refractivity contribution in [3.05, 3.63) is 11.6 Å². The average molecular weight is 869 g/mol. The number of aliphatic hydroxyl groups excluding tert-OH is 8. The van der Waals surface area contributed by atoms with Gasteiger partial charge in [-0.3, -0.25) is 0 Å². The zero-order valence-corrected chi connectivity index (χ0v) is 36.5. The van der Waals surface area contributed by atoms with Crippen molar-refractivity contribution in [3.8, 4) is 0 Å². The maximum Gasteiger partial charge on any atom is 0.187 e. The summed E-state index contributed by atoms with van der Waals surface area (Å²) < 4.78 is 50.1. The van der Waals surface area contributed by atoms with Gasteiger partial charge < -0.3 is 78.7 Å². The third-order valence-electron chi connectivity index (χ3n) is 17.6. The number of hydrogen-bond donors (Lipinski definition) is 8. The first kappa shape index (κ1) is 45.3. The van der Waals surface area contributed by atoms with Gasteiger partial charge in [0.2, 0.25) is 0 Å². The molecule has 0 aromatic carbocycles. The fourth-order valence-electron chi connectivity index (χ4n) is 14.0. The van der Waals surface area contributed by atoms with Crippen LogP contribution >= 0.6 is 0 Å². The Balaban J connectivity index is 0.916. The van der Waals surface area contributed by atoms with E-state index in [2.05, 4.69) is 33.8 Å². The van der Waals surface area contributed by atoms with Crippen molar-refractivity contribution in [2.24, 2.45) is 46.3 Å². The van der Waals surface area contributed by atoms with Crippen molar-refractivity contribution in [2.45, 2.75) is 209 Å². The average Bonchev–Trinajstić information content (AvgIpc) is 3.69. The molecule has 0 radical (unpaired) electrons. The minimum atomic E-state index is -1.71. The summed E-state index contributed by atoms with van der Waals surface area (Å²) in [6.07, 6.45) is -10.4. The summed E-state index contributed by atoms with van der Waals surface area (Å²) in [4.78, 5) is 0. The Hall–Kier alpha value is -0.900. The Morgan fingerprint density at radius 3 is 1.97 bits per heavy atom. The number of allylic oxidation sites excluding steroid dienone is 1. The first-order valence-electron chi connectivity index (χ1n) is 23.2. The predicted molar refractivity (Wildman–Crippen MR) is 213 cm³/mol. The molecular formula is C45H72O16. The van der Waals surface area contributed by atoms with E-state index in [9.17, 15) is 40.9 Å². The first-order chi connectivity index (χ1) is 28.9. The van der Waals surface area contributed by atoms with Crippen molar-refractivity contribution >= 4 is 0 Å². The van der Waals surface area contributed by atoms with Gasteiger partial charge in [-0.2, -0.15) is 0 Å². The Morgan fingerprint density at radius 1 is 0.689 bits per heavy atom. The van der Waals surface area contributed by atoms with Crippen LogP contribution in [0.2, 0.25) is 0 Å². The van der Waals surface area contributed by atoms with Crippen LogP contribution in [0, 0.1) is 46.3 Å². The van der Waals surface area contributed by atoms with E-state index in [1.54, 1.807) is 0 Å². The SMILES string of the molecule is C[C@@H]1CC[C@@]2(OC1)OC1C[C@H]3[C@@H]4CC=C5C[C@@H](O[C@@H]6O[C@H](CO)[C@@H](O[C@@H]7O[C@@H](C)[C@H](O)[C@@H](O)[C@H]7O)[C@H](O)[C@H]6O[C@@H]6O[C@@H](C)[C@H](O)[C@@H](O)[C@H]6O)CC[C@]5(C)[C@H]4CC[C@]3(C)C1[C@@H]2C. The third-order valence-corrected chi connectivity index (χ3v) is 17.6. The molecule has 0 amide bonds. The minimum absolute atomic E-state index is 0.0171. The molecule has 2 unspecified atom stereocenters. The third kappa shape index (κ3) is 7.42. The zero-order valence-electron chi connectivity index (χ0n) is 36.5. The van der Waals surface area contributed by atoms with Gasteiger partial charge in [0.05, 0.1) is 37.6 Å². The zero-order chi connectivity index (χ0) is 43.5. The van der Waals surface area contributed by atoms with Crippen molar-refractivity contribution in [1.82, 2.24) is 0 Å². The van der Waals surface area contributed by atoms with Gasteiger partial charge in [-0.1, -0.05) is 39.3 Å². The summed E-state index contributed by atoms with van der Waals surface area (Å²) in [5.41, 5.74) is 1.53. The predicted octanol–water partition coefficient (Wildman–Crippen LogP) is 1.24. The molecule has 0 bridgehead atoms. The number of rotatable bonds is 7. The van der Waals surface area contributed by atoms with Crippen LogP contribution in [0.3, 0.4) is 0 Å². The Labute approximate surface area is 358 Å². The molecule has 9 rings (SSSR count). The second-order valence-electron chi connectivity index (χ2n) is 21.1. The summed E-state index contributed by atoms with van der Waals surface area (Å²) in [5, 5.41) is 85.9. The normalized spacial score (nSPS) is 58.4. The second-order valence-corrected chi connectivity index (χ2v) is 21.1. The summed E-state index contributed by atoms with van der Waals surface area (Å²) in [5.74, 6) is 2.64. The van der Waals surface area contributed by atoms with Crippen LogP contribution in [0.1, 0.15) is 99.3 Å². The molecule has 1 spiro atoms. The molecule has 5 saturated heterocycles. The molecule has 348 valence electrons. The maximum atomic E-state index is 12.0. The van der Waals surface area contributed by atoms with Crippen LogP contribution in [-0.4, -0.2) is 164 Å². The fourth-order valence-corrected chi connectivity index (χ4v) is 14.0. The summed E-state index contributed by atoms with van der Waals surface area (Å²) in [7, 11) is 0. The molecule has 8 N–H and O–H groups in total. The fraction of sp³-hybridized carbons (Fsp3) is 0.956. The van der Waals surface area contributed by atoms with Gasteiger partial charge in [0.15, 0.2) is 24.7 Å². The van der Waals surface area contributed by atoms with E-state index < -0.39 is 105 Å². The molecular weight excluding hydrogens is 796 g/mol. The standard InChI is InChI=1S/C45H72O16/c1-19-9-14-45(54-18-19)20(2)30-28(61-45)16-27-25-8-7-23-15-24(10-12-43(23,5)26(25)11-13-44(27,30)6)57-42-39(60-41-36(52)34(50)32(48)22(4)56-41)37(53)38(29(17-46)58-42)59-40-35(51)33(49)31(47)21(3)55-40/h7,19-22,24-42,46-53H,8-18H2,1-6H3/t19-,20+,21+,22+,24+,25-,26+,27+,28?,29-,30?,31+,32+,33-,34-,35-,36-,37+,38-,39-,40+,41+,42-,43+,44+,45-/m1/s1. The largest absolute Gasteiger partial charge is 0.394 e. The van der Waals surface area contributed by atoms with Crippen LogP contribution in [0.25, 0.3) is 0 Å². The smallest absolute Gasteiger partial charge is 0.187 e. The van der Waals surface area contributed by atoms with Crippen LogP contribution in [0.15, 0.2) is 11.6 Å². The van der Waals surface area contributed by atoms with E-state index in [4.69, 9.17) is 37.9 Å². The Morgan fingerprint density at radius 2 is 1.34 bits per heavy atom. The molecule has 16 nitrogen and oxygen atoms in total. The highest BCUT2D eigenvalue weighted by atomic mass is 16.8. The highest BCUT2D eigenvalue weighted by molar-refractivity contribution is 5.26. The molecule has 0 aromatic heterocycles. The number of hydrogen-bond acceptors (Lipinski definition) is 16. The molecule has 16 heteroatoms. The Bertz CT molecular complexity index is 1590. The van der Waals surface area contributed by atoms with Crippen molar-refractivity contribution in [3.63, 3.8) is 0 Å². The lowest BCUT2D eigenvalue weighted by Crippen LogP contribution is -2.66.